The van der Waals surface area contributed by atoms with Crippen molar-refractivity contribution in [2.75, 3.05) is 0 Å². The Bertz CT molecular complexity index is 193. The normalized spacial score (nSPS) is 12.9. The topological polar surface area (TPSA) is 0 Å². The molecule has 1 aromatic rings. The molecule has 0 aliphatic rings. The summed E-state index contributed by atoms with van der Waals surface area (Å²) in [5, 5.41) is 0. The molecule has 0 N–H and O–H groups in total. The van der Waals surface area contributed by atoms with Crippen LogP contribution in [0, 0.1) is 5.92 Å². The van der Waals surface area contributed by atoms with Crippen LogP contribution in [-0.4, -0.2) is 22.5 Å². The van der Waals surface area contributed by atoms with Crippen LogP contribution in [-0.2, 0) is 6.42 Å². The average molecular weight is 253 g/mol. The SMILES string of the molecule is CC([CH2][SnH])Cc1ccccc1. The zero-order valence-electron chi connectivity index (χ0n) is 6.96. The molecule has 1 aromatic carbocycles. The molecule has 1 rings (SSSR count). The van der Waals surface area contributed by atoms with Gasteiger partial charge in [-0.15, -0.1) is 0 Å². The predicted octanol–water partition coefficient (Wildman–Crippen LogP) is 2.18. The fourth-order valence-corrected chi connectivity index (χ4v) is 1.58. The maximum absolute atomic E-state index is 2.33. The number of benzene rings is 1. The van der Waals surface area contributed by atoms with E-state index < -0.39 is 0 Å². The first-order chi connectivity index (χ1) is 5.33. The summed E-state index contributed by atoms with van der Waals surface area (Å²) in [6.07, 6.45) is 1.25. The minimum atomic E-state index is 0.875. The molecule has 0 nitrogen and oxygen atoms in total. The third-order valence-electron chi connectivity index (χ3n) is 1.83. The summed E-state index contributed by atoms with van der Waals surface area (Å²) in [6.45, 7) is 2.33. The molecule has 0 heterocycles. The van der Waals surface area contributed by atoms with Crippen molar-refractivity contribution in [2.24, 2.45) is 5.92 Å². The zero-order valence-corrected chi connectivity index (χ0v) is 10.3. The van der Waals surface area contributed by atoms with E-state index in [-0.39, 0.29) is 0 Å². The molecule has 0 saturated carbocycles. The van der Waals surface area contributed by atoms with Crippen LogP contribution in [0.4, 0.5) is 0 Å². The van der Waals surface area contributed by atoms with E-state index in [1.165, 1.54) is 38.9 Å². The van der Waals surface area contributed by atoms with Crippen molar-refractivity contribution in [1.29, 1.82) is 0 Å². The van der Waals surface area contributed by atoms with Gasteiger partial charge in [0, 0.05) is 0 Å². The summed E-state index contributed by atoms with van der Waals surface area (Å²) in [6, 6.07) is 10.7. The van der Waals surface area contributed by atoms with Gasteiger partial charge < -0.3 is 0 Å². The van der Waals surface area contributed by atoms with Crippen molar-refractivity contribution >= 4 is 22.5 Å². The van der Waals surface area contributed by atoms with Crippen molar-refractivity contribution < 1.29 is 0 Å². The third-order valence-corrected chi connectivity index (χ3v) is 4.13. The quantitative estimate of drug-likeness (QED) is 0.724. The predicted molar refractivity (Wildman–Crippen MR) is 51.3 cm³/mol. The van der Waals surface area contributed by atoms with E-state index in [9.17, 15) is 0 Å². The van der Waals surface area contributed by atoms with Crippen LogP contribution in [0.1, 0.15) is 12.5 Å². The van der Waals surface area contributed by atoms with Gasteiger partial charge in [0.25, 0.3) is 0 Å². The van der Waals surface area contributed by atoms with Crippen LogP contribution in [0.2, 0.25) is 4.44 Å². The van der Waals surface area contributed by atoms with Gasteiger partial charge in [-0.25, -0.2) is 0 Å². The molecule has 11 heavy (non-hydrogen) atoms. The Balaban J connectivity index is 2.51. The second kappa shape index (κ2) is 4.81. The van der Waals surface area contributed by atoms with E-state index in [0.717, 1.165) is 5.92 Å². The first-order valence-electron chi connectivity index (χ1n) is 4.07. The zero-order chi connectivity index (χ0) is 8.10. The third kappa shape index (κ3) is 3.28. The van der Waals surface area contributed by atoms with Crippen LogP contribution in [0.25, 0.3) is 0 Å². The molecular formula is C10H14Sn. The van der Waals surface area contributed by atoms with Crippen molar-refractivity contribution in [3.05, 3.63) is 35.9 Å². The van der Waals surface area contributed by atoms with Gasteiger partial charge in [0.05, 0.1) is 0 Å². The summed E-state index contributed by atoms with van der Waals surface area (Å²) in [5.74, 6) is 0.875. The second-order valence-electron chi connectivity index (χ2n) is 3.03. The average Bonchev–Trinajstić information content (AvgIpc) is 2.06. The molecule has 58 valence electrons. The maximum atomic E-state index is 2.33. The van der Waals surface area contributed by atoms with Crippen molar-refractivity contribution in [3.63, 3.8) is 0 Å². The van der Waals surface area contributed by atoms with Crippen LogP contribution in [0.5, 0.6) is 0 Å². The Hall–Kier alpha value is 0.0187. The van der Waals surface area contributed by atoms with Crippen molar-refractivity contribution in [3.8, 4) is 0 Å². The molecule has 0 bridgehead atoms. The molecule has 0 amide bonds. The standard InChI is InChI=1S/C10H13.Sn.H/c1-9(2)8-10-6-4-3-5-7-10;;/h3-7,9H,1,8H2,2H3;;. The van der Waals surface area contributed by atoms with Gasteiger partial charge >= 0.3 is 82.1 Å². The Kier molecular flexibility index (Phi) is 3.98. The Morgan fingerprint density at radius 3 is 2.45 bits per heavy atom. The number of hydrogen-bond donors (Lipinski definition) is 0. The first-order valence-corrected chi connectivity index (χ1v) is 6.40. The summed E-state index contributed by atoms with van der Waals surface area (Å²) in [5.41, 5.74) is 1.48. The van der Waals surface area contributed by atoms with E-state index in [4.69, 9.17) is 0 Å². The molecule has 0 aromatic heterocycles. The van der Waals surface area contributed by atoms with Gasteiger partial charge in [0.1, 0.15) is 0 Å². The van der Waals surface area contributed by atoms with Crippen LogP contribution >= 0.6 is 0 Å². The molecule has 0 fully saturated rings. The fraction of sp³-hybridized carbons (Fsp3) is 0.400. The van der Waals surface area contributed by atoms with Crippen molar-refractivity contribution in [1.82, 2.24) is 0 Å². The van der Waals surface area contributed by atoms with Gasteiger partial charge in [-0.3, -0.25) is 0 Å². The number of hydrogen-bond acceptors (Lipinski definition) is 0. The molecule has 1 unspecified atom stereocenters. The minimum absolute atomic E-state index is 0.875. The van der Waals surface area contributed by atoms with E-state index >= 15 is 0 Å². The summed E-state index contributed by atoms with van der Waals surface area (Å²) < 4.78 is 1.40. The molecule has 0 saturated heterocycles. The molecule has 1 heteroatoms. The molecule has 0 aliphatic carbocycles. The Morgan fingerprint density at radius 2 is 1.91 bits per heavy atom. The van der Waals surface area contributed by atoms with Crippen LogP contribution in [0.15, 0.2) is 30.3 Å². The molecule has 0 spiro atoms. The van der Waals surface area contributed by atoms with E-state index in [2.05, 4.69) is 37.3 Å². The second-order valence-corrected chi connectivity index (χ2v) is 4.38. The first kappa shape index (κ1) is 9.11. The summed E-state index contributed by atoms with van der Waals surface area (Å²) in [7, 11) is 0. The monoisotopic (exact) mass is 254 g/mol. The summed E-state index contributed by atoms with van der Waals surface area (Å²) >= 11 is 1.39. The molecule has 1 atom stereocenters. The Labute approximate surface area is 82.1 Å². The Morgan fingerprint density at radius 1 is 1.27 bits per heavy atom. The van der Waals surface area contributed by atoms with Gasteiger partial charge in [-0.2, -0.15) is 0 Å². The van der Waals surface area contributed by atoms with Gasteiger partial charge in [-0.05, 0) is 0 Å². The molecular weight excluding hydrogens is 239 g/mol. The molecule has 0 aliphatic heterocycles. The number of rotatable bonds is 3. The van der Waals surface area contributed by atoms with Gasteiger partial charge in [-0.1, -0.05) is 0 Å². The van der Waals surface area contributed by atoms with Gasteiger partial charge in [0.15, 0.2) is 0 Å². The van der Waals surface area contributed by atoms with E-state index in [1.54, 1.807) is 0 Å². The fourth-order valence-electron chi connectivity index (χ4n) is 1.10. The van der Waals surface area contributed by atoms with Gasteiger partial charge in [0.2, 0.25) is 0 Å². The van der Waals surface area contributed by atoms with Crippen LogP contribution < -0.4 is 0 Å². The van der Waals surface area contributed by atoms with Crippen molar-refractivity contribution in [2.45, 2.75) is 17.8 Å². The van der Waals surface area contributed by atoms with Crippen LogP contribution in [0.3, 0.4) is 0 Å². The van der Waals surface area contributed by atoms with E-state index in [1.807, 2.05) is 0 Å². The molecule has 2 radical (unpaired) electrons. The van der Waals surface area contributed by atoms with E-state index in [0.29, 0.717) is 0 Å². The summed E-state index contributed by atoms with van der Waals surface area (Å²) in [4.78, 5) is 0.